The van der Waals surface area contributed by atoms with Gasteiger partial charge in [0, 0.05) is 0 Å². The molecule has 4 heteroatoms. The van der Waals surface area contributed by atoms with E-state index >= 15 is 0 Å². The molecule has 0 saturated carbocycles. The smallest absolute Gasteiger partial charge is 0.200 e. The van der Waals surface area contributed by atoms with Crippen molar-refractivity contribution in [1.82, 2.24) is 5.32 Å². The number of hydrogen-bond acceptors (Lipinski definition) is 4. The van der Waals surface area contributed by atoms with Gasteiger partial charge < -0.3 is 19.9 Å². The monoisotopic (exact) mass is 237 g/mol. The molecule has 0 atom stereocenters. The zero-order chi connectivity index (χ0) is 12.3. The SMILES string of the molecule is COc1cccc(OC2(C)CCNCC2)c1O. The predicted molar refractivity (Wildman–Crippen MR) is 65.8 cm³/mol. The lowest BCUT2D eigenvalue weighted by Crippen LogP contribution is -2.43. The molecule has 0 aliphatic carbocycles. The van der Waals surface area contributed by atoms with Crippen LogP contribution in [0.4, 0.5) is 0 Å². The van der Waals surface area contributed by atoms with Gasteiger partial charge in [-0.1, -0.05) is 6.07 Å². The predicted octanol–water partition coefficient (Wildman–Crippen LogP) is 1.92. The van der Waals surface area contributed by atoms with Crippen LogP contribution in [-0.2, 0) is 0 Å². The fourth-order valence-corrected chi connectivity index (χ4v) is 2.07. The number of phenolic OH excluding ortho intramolecular Hbond substituents is 1. The van der Waals surface area contributed by atoms with Gasteiger partial charge in [-0.2, -0.15) is 0 Å². The summed E-state index contributed by atoms with van der Waals surface area (Å²) in [6.45, 7) is 3.97. The maximum absolute atomic E-state index is 9.97. The van der Waals surface area contributed by atoms with Gasteiger partial charge >= 0.3 is 0 Å². The standard InChI is InChI=1S/C13H19NO3/c1-13(6-8-14-9-7-13)17-11-5-3-4-10(16-2)12(11)15/h3-5,14-15H,6-9H2,1-2H3. The zero-order valence-electron chi connectivity index (χ0n) is 10.3. The molecule has 0 unspecified atom stereocenters. The van der Waals surface area contributed by atoms with Crippen molar-refractivity contribution in [3.05, 3.63) is 18.2 Å². The Kier molecular flexibility index (Phi) is 3.43. The molecule has 0 radical (unpaired) electrons. The molecule has 0 amide bonds. The maximum Gasteiger partial charge on any atom is 0.200 e. The molecule has 1 aromatic carbocycles. The molecule has 1 aromatic rings. The third-order valence-electron chi connectivity index (χ3n) is 3.20. The van der Waals surface area contributed by atoms with Crippen LogP contribution in [0.1, 0.15) is 19.8 Å². The molecule has 94 valence electrons. The second-order valence-electron chi connectivity index (χ2n) is 4.61. The summed E-state index contributed by atoms with van der Waals surface area (Å²) in [6.07, 6.45) is 1.87. The fraction of sp³-hybridized carbons (Fsp3) is 0.538. The number of hydrogen-bond donors (Lipinski definition) is 2. The molecule has 0 spiro atoms. The topological polar surface area (TPSA) is 50.7 Å². The van der Waals surface area contributed by atoms with E-state index in [9.17, 15) is 5.11 Å². The van der Waals surface area contributed by atoms with Crippen LogP contribution in [0.25, 0.3) is 0 Å². The number of para-hydroxylation sites is 1. The first-order chi connectivity index (χ1) is 8.14. The summed E-state index contributed by atoms with van der Waals surface area (Å²) in [5.41, 5.74) is -0.213. The molecule has 0 aromatic heterocycles. The lowest BCUT2D eigenvalue weighted by atomic mass is 9.94. The Balaban J connectivity index is 2.17. The zero-order valence-corrected chi connectivity index (χ0v) is 10.3. The van der Waals surface area contributed by atoms with Crippen LogP contribution >= 0.6 is 0 Å². The minimum absolute atomic E-state index is 0.0785. The van der Waals surface area contributed by atoms with E-state index in [-0.39, 0.29) is 11.4 Å². The molecular formula is C13H19NO3. The van der Waals surface area contributed by atoms with Crippen molar-refractivity contribution >= 4 is 0 Å². The van der Waals surface area contributed by atoms with Gasteiger partial charge in [0.05, 0.1) is 7.11 Å². The van der Waals surface area contributed by atoms with Gasteiger partial charge in [0.2, 0.25) is 5.75 Å². The van der Waals surface area contributed by atoms with E-state index in [1.54, 1.807) is 12.1 Å². The fourth-order valence-electron chi connectivity index (χ4n) is 2.07. The number of nitrogens with one attached hydrogen (secondary N) is 1. The molecule has 1 saturated heterocycles. The largest absolute Gasteiger partial charge is 0.502 e. The van der Waals surface area contributed by atoms with E-state index in [4.69, 9.17) is 9.47 Å². The van der Waals surface area contributed by atoms with E-state index in [2.05, 4.69) is 12.2 Å². The van der Waals surface area contributed by atoms with Crippen molar-refractivity contribution in [2.75, 3.05) is 20.2 Å². The van der Waals surface area contributed by atoms with Crippen molar-refractivity contribution in [2.24, 2.45) is 0 Å². The Morgan fingerprint density at radius 2 is 1.88 bits per heavy atom. The Labute approximate surface area is 102 Å². The highest BCUT2D eigenvalue weighted by Gasteiger charge is 2.29. The first-order valence-electron chi connectivity index (χ1n) is 5.90. The Morgan fingerprint density at radius 3 is 2.53 bits per heavy atom. The van der Waals surface area contributed by atoms with Crippen LogP contribution in [0.15, 0.2) is 18.2 Å². The molecule has 17 heavy (non-hydrogen) atoms. The number of rotatable bonds is 3. The van der Waals surface area contributed by atoms with Gasteiger partial charge in [0.1, 0.15) is 5.60 Å². The summed E-state index contributed by atoms with van der Waals surface area (Å²) in [5, 5.41) is 13.3. The van der Waals surface area contributed by atoms with Crippen LogP contribution in [0.2, 0.25) is 0 Å². The summed E-state index contributed by atoms with van der Waals surface area (Å²) < 4.78 is 11.0. The Hall–Kier alpha value is -1.42. The molecule has 4 nitrogen and oxygen atoms in total. The number of aromatic hydroxyl groups is 1. The summed E-state index contributed by atoms with van der Waals surface area (Å²) in [5.74, 6) is 1.02. The van der Waals surface area contributed by atoms with Crippen molar-refractivity contribution in [3.8, 4) is 17.2 Å². The summed E-state index contributed by atoms with van der Waals surface area (Å²) in [6, 6.07) is 5.30. The van der Waals surface area contributed by atoms with Crippen molar-refractivity contribution in [3.63, 3.8) is 0 Å². The minimum Gasteiger partial charge on any atom is -0.502 e. The van der Waals surface area contributed by atoms with Gasteiger partial charge in [0.25, 0.3) is 0 Å². The highest BCUT2D eigenvalue weighted by Crippen LogP contribution is 2.38. The van der Waals surface area contributed by atoms with E-state index in [1.165, 1.54) is 7.11 Å². The average Bonchev–Trinajstić information content (AvgIpc) is 2.32. The van der Waals surface area contributed by atoms with Crippen molar-refractivity contribution in [2.45, 2.75) is 25.4 Å². The van der Waals surface area contributed by atoms with Crippen LogP contribution in [0, 0.1) is 0 Å². The van der Waals surface area contributed by atoms with Gasteiger partial charge in [-0.3, -0.25) is 0 Å². The van der Waals surface area contributed by atoms with Gasteiger partial charge in [-0.25, -0.2) is 0 Å². The molecule has 2 rings (SSSR count). The van der Waals surface area contributed by atoms with E-state index in [1.807, 2.05) is 6.07 Å². The Morgan fingerprint density at radius 1 is 1.24 bits per heavy atom. The van der Waals surface area contributed by atoms with Crippen LogP contribution in [0.3, 0.4) is 0 Å². The number of methoxy groups -OCH3 is 1. The van der Waals surface area contributed by atoms with Gasteiger partial charge in [-0.05, 0) is 45.0 Å². The number of ether oxygens (including phenoxy) is 2. The molecule has 1 heterocycles. The minimum atomic E-state index is -0.213. The second-order valence-corrected chi connectivity index (χ2v) is 4.61. The maximum atomic E-state index is 9.97. The first-order valence-corrected chi connectivity index (χ1v) is 5.90. The summed E-state index contributed by atoms with van der Waals surface area (Å²) in [7, 11) is 1.53. The molecule has 1 aliphatic heterocycles. The number of piperidine rings is 1. The molecule has 1 fully saturated rings. The third-order valence-corrected chi connectivity index (χ3v) is 3.20. The molecule has 0 bridgehead atoms. The van der Waals surface area contributed by atoms with Crippen molar-refractivity contribution < 1.29 is 14.6 Å². The Bertz CT molecular complexity index is 386. The number of benzene rings is 1. The van der Waals surface area contributed by atoms with Crippen LogP contribution in [-0.4, -0.2) is 30.9 Å². The highest BCUT2D eigenvalue weighted by molar-refractivity contribution is 5.50. The second kappa shape index (κ2) is 4.84. The van der Waals surface area contributed by atoms with Gasteiger partial charge in [0.15, 0.2) is 11.5 Å². The quantitative estimate of drug-likeness (QED) is 0.843. The third kappa shape index (κ3) is 2.64. The van der Waals surface area contributed by atoms with Crippen LogP contribution < -0.4 is 14.8 Å². The lowest BCUT2D eigenvalue weighted by Gasteiger charge is -2.34. The average molecular weight is 237 g/mol. The summed E-state index contributed by atoms with van der Waals surface area (Å²) >= 11 is 0. The van der Waals surface area contributed by atoms with E-state index in [0.717, 1.165) is 25.9 Å². The lowest BCUT2D eigenvalue weighted by molar-refractivity contribution is 0.0523. The number of phenols is 1. The molecular weight excluding hydrogens is 218 g/mol. The van der Waals surface area contributed by atoms with E-state index < -0.39 is 0 Å². The highest BCUT2D eigenvalue weighted by atomic mass is 16.5. The van der Waals surface area contributed by atoms with E-state index in [0.29, 0.717) is 11.5 Å². The van der Waals surface area contributed by atoms with Crippen molar-refractivity contribution in [1.29, 1.82) is 0 Å². The summed E-state index contributed by atoms with van der Waals surface area (Å²) in [4.78, 5) is 0. The first kappa shape index (κ1) is 12.0. The van der Waals surface area contributed by atoms with Crippen LogP contribution in [0.5, 0.6) is 17.2 Å². The van der Waals surface area contributed by atoms with Gasteiger partial charge in [-0.15, -0.1) is 0 Å². The normalized spacial score (nSPS) is 18.7. The molecule has 1 aliphatic rings. The molecule has 2 N–H and O–H groups in total.